The number of aryl methyl sites for hydroxylation is 1. The van der Waals surface area contributed by atoms with Crippen molar-refractivity contribution in [1.29, 1.82) is 0 Å². The molecule has 0 spiro atoms. The predicted molar refractivity (Wildman–Crippen MR) is 144 cm³/mol. The Hall–Kier alpha value is -1.65. The molecule has 3 rings (SSSR count). The summed E-state index contributed by atoms with van der Waals surface area (Å²) in [6.45, 7) is 11.4. The fourth-order valence-electron chi connectivity index (χ4n) is 5.65. The molecule has 2 saturated heterocycles. The lowest BCUT2D eigenvalue weighted by Gasteiger charge is -2.34. The van der Waals surface area contributed by atoms with Gasteiger partial charge in [0.15, 0.2) is 0 Å². The van der Waals surface area contributed by atoms with Gasteiger partial charge in [-0.25, -0.2) is 4.98 Å². The molecule has 2 aliphatic heterocycles. The summed E-state index contributed by atoms with van der Waals surface area (Å²) < 4.78 is 5.94. The van der Waals surface area contributed by atoms with Gasteiger partial charge in [0.2, 0.25) is 0 Å². The maximum atomic E-state index is 13.3. The van der Waals surface area contributed by atoms with Crippen LogP contribution in [-0.2, 0) is 14.3 Å². The third-order valence-corrected chi connectivity index (χ3v) is 9.10. The molecule has 8 nitrogen and oxygen atoms in total. The number of esters is 1. The van der Waals surface area contributed by atoms with Gasteiger partial charge in [-0.1, -0.05) is 34.1 Å². The highest BCUT2D eigenvalue weighted by Crippen LogP contribution is 2.39. The zero-order chi connectivity index (χ0) is 27.5. The summed E-state index contributed by atoms with van der Waals surface area (Å²) in [4.78, 5) is 33.1. The number of ketones is 1. The zero-order valence-corrected chi connectivity index (χ0v) is 23.8. The lowest BCUT2D eigenvalue weighted by molar-refractivity contribution is -0.154. The van der Waals surface area contributed by atoms with Gasteiger partial charge < -0.3 is 20.1 Å². The molecule has 37 heavy (non-hydrogen) atoms. The van der Waals surface area contributed by atoms with E-state index in [0.29, 0.717) is 13.0 Å². The van der Waals surface area contributed by atoms with E-state index in [9.17, 15) is 24.9 Å². The second-order valence-corrected chi connectivity index (χ2v) is 12.5. The molecule has 0 aliphatic carbocycles. The lowest BCUT2D eigenvalue weighted by atomic mass is 9.73. The minimum atomic E-state index is -1.24. The second kappa shape index (κ2) is 12.5. The predicted octanol–water partition coefficient (Wildman–Crippen LogP) is 3.37. The van der Waals surface area contributed by atoms with Crippen molar-refractivity contribution in [2.24, 2.45) is 17.3 Å². The molecule has 0 bridgehead atoms. The fourth-order valence-corrected chi connectivity index (χ4v) is 6.22. The third kappa shape index (κ3) is 7.26. The maximum Gasteiger partial charge on any atom is 0.309 e. The van der Waals surface area contributed by atoms with Gasteiger partial charge in [0.25, 0.3) is 0 Å². The standard InChI is InChI=1S/C28H44N2O6S/c1-16-8-7-9-21-22(30(21)10-11-31)13-23(17(2)12-20-15-37-19(4)29-20)36-25(33)14-24(32)28(5,6)27(35)18(3)26(16)34/h12,15-16,18,21-24,26,31-32,34H,7-11,13-14H2,1-6H3/b17-12+/t16-,18+,21+,22-,23-,24-,26-,30?/m0/s1. The van der Waals surface area contributed by atoms with Crippen LogP contribution < -0.4 is 0 Å². The monoisotopic (exact) mass is 536 g/mol. The molecular formula is C28H44N2O6S. The van der Waals surface area contributed by atoms with E-state index in [1.54, 1.807) is 32.1 Å². The summed E-state index contributed by atoms with van der Waals surface area (Å²) in [5, 5.41) is 34.3. The van der Waals surface area contributed by atoms with Crippen molar-refractivity contribution in [2.75, 3.05) is 13.2 Å². The van der Waals surface area contributed by atoms with Crippen molar-refractivity contribution in [3.63, 3.8) is 0 Å². The molecule has 9 heteroatoms. The number of aliphatic hydroxyl groups excluding tert-OH is 3. The number of carbonyl (C=O) groups is 2. The minimum Gasteiger partial charge on any atom is -0.458 e. The Morgan fingerprint density at radius 3 is 2.57 bits per heavy atom. The minimum absolute atomic E-state index is 0.0559. The van der Waals surface area contributed by atoms with Crippen LogP contribution >= 0.6 is 11.3 Å². The maximum absolute atomic E-state index is 13.3. The van der Waals surface area contributed by atoms with Crippen molar-refractivity contribution in [3.8, 4) is 0 Å². The fraction of sp³-hybridized carbons (Fsp3) is 0.750. The van der Waals surface area contributed by atoms with Crippen molar-refractivity contribution < 1.29 is 29.6 Å². The van der Waals surface area contributed by atoms with Gasteiger partial charge in [-0.15, -0.1) is 11.3 Å². The number of hydrogen-bond acceptors (Lipinski definition) is 9. The van der Waals surface area contributed by atoms with Crippen LogP contribution in [0.3, 0.4) is 0 Å². The number of β-amino-alcohol motifs (C(OH)–C–C–N with tert-alkyl or cyclic N) is 1. The number of cyclic esters (lactones) is 1. The van der Waals surface area contributed by atoms with Crippen LogP contribution in [0.5, 0.6) is 0 Å². The molecule has 3 heterocycles. The average molecular weight is 537 g/mol. The van der Waals surface area contributed by atoms with E-state index < -0.39 is 35.6 Å². The Balaban J connectivity index is 1.88. The first kappa shape index (κ1) is 29.9. The largest absolute Gasteiger partial charge is 0.458 e. The first-order valence-corrected chi connectivity index (χ1v) is 14.3. The number of ether oxygens (including phenoxy) is 1. The van der Waals surface area contributed by atoms with Crippen molar-refractivity contribution in [3.05, 3.63) is 21.7 Å². The molecule has 1 aromatic heterocycles. The first-order chi connectivity index (χ1) is 17.4. The molecule has 0 amide bonds. The van der Waals surface area contributed by atoms with Gasteiger partial charge in [0, 0.05) is 36.3 Å². The van der Waals surface area contributed by atoms with Gasteiger partial charge in [-0.3, -0.25) is 14.5 Å². The number of carbonyl (C=O) groups excluding carboxylic acids is 2. The Morgan fingerprint density at radius 1 is 1.24 bits per heavy atom. The normalized spacial score (nSPS) is 36.1. The van der Waals surface area contributed by atoms with E-state index >= 15 is 0 Å². The molecule has 0 saturated carbocycles. The van der Waals surface area contributed by atoms with E-state index in [1.807, 2.05) is 32.2 Å². The summed E-state index contributed by atoms with van der Waals surface area (Å²) in [5.41, 5.74) is 0.467. The molecule has 208 valence electrons. The van der Waals surface area contributed by atoms with Crippen LogP contribution in [0.4, 0.5) is 0 Å². The molecular weight excluding hydrogens is 492 g/mol. The third-order valence-electron chi connectivity index (χ3n) is 8.31. The Morgan fingerprint density at radius 2 is 1.95 bits per heavy atom. The van der Waals surface area contributed by atoms with E-state index in [1.165, 1.54) is 0 Å². The van der Waals surface area contributed by atoms with E-state index in [2.05, 4.69) is 9.88 Å². The van der Waals surface area contributed by atoms with Gasteiger partial charge in [0.1, 0.15) is 11.9 Å². The molecule has 0 radical (unpaired) electrons. The molecule has 0 aromatic carbocycles. The van der Waals surface area contributed by atoms with E-state index in [0.717, 1.165) is 35.5 Å². The average Bonchev–Trinajstić information content (AvgIpc) is 3.29. The number of fused-ring (bicyclic) bond motifs is 1. The molecule has 1 aromatic rings. The Labute approximate surface area is 224 Å². The summed E-state index contributed by atoms with van der Waals surface area (Å²) in [7, 11) is 0. The number of aromatic nitrogens is 1. The highest BCUT2D eigenvalue weighted by molar-refractivity contribution is 7.09. The van der Waals surface area contributed by atoms with Crippen molar-refractivity contribution in [1.82, 2.24) is 9.88 Å². The van der Waals surface area contributed by atoms with Crippen LogP contribution in [0.1, 0.15) is 77.4 Å². The lowest BCUT2D eigenvalue weighted by Crippen LogP contribution is -2.45. The van der Waals surface area contributed by atoms with Crippen LogP contribution in [0, 0.1) is 24.2 Å². The van der Waals surface area contributed by atoms with Crippen molar-refractivity contribution in [2.45, 2.75) is 104 Å². The SMILES string of the molecule is C/C(=C\c1csc(C)n1)[C@@H]1C[C@H]2[C@@H](CCC[C@H](C)[C@H](O)[C@@H](C)C(=O)C(C)(C)[C@@H](O)CC(=O)O1)N2CCO. The van der Waals surface area contributed by atoms with Crippen LogP contribution in [-0.4, -0.2) is 80.5 Å². The Kier molecular flexibility index (Phi) is 10.1. The van der Waals surface area contributed by atoms with Gasteiger partial charge >= 0.3 is 5.97 Å². The number of hydrogen-bond donors (Lipinski definition) is 3. The summed E-state index contributed by atoms with van der Waals surface area (Å²) in [6, 6.07) is 0.434. The second-order valence-electron chi connectivity index (χ2n) is 11.5. The van der Waals surface area contributed by atoms with Crippen LogP contribution in [0.15, 0.2) is 11.0 Å². The molecule has 3 N–H and O–H groups in total. The Bertz CT molecular complexity index is 976. The summed E-state index contributed by atoms with van der Waals surface area (Å²) in [5.74, 6) is -1.57. The number of Topliss-reactive ketones (excluding diaryl/α,β-unsaturated/α-hetero) is 1. The number of nitrogens with zero attached hydrogens (tertiary/aromatic N) is 2. The molecule has 2 fully saturated rings. The highest BCUT2D eigenvalue weighted by Gasteiger charge is 2.48. The quantitative estimate of drug-likeness (QED) is 0.396. The number of aliphatic hydroxyl groups is 3. The van der Waals surface area contributed by atoms with Crippen LogP contribution in [0.2, 0.25) is 0 Å². The first-order valence-electron chi connectivity index (χ1n) is 13.4. The van der Waals surface area contributed by atoms with E-state index in [4.69, 9.17) is 4.74 Å². The highest BCUT2D eigenvalue weighted by atomic mass is 32.1. The van der Waals surface area contributed by atoms with E-state index in [-0.39, 0.29) is 36.8 Å². The molecule has 8 atom stereocenters. The number of thiazole rings is 1. The topological polar surface area (TPSA) is 120 Å². The van der Waals surface area contributed by atoms with Gasteiger partial charge in [0.05, 0.1) is 41.4 Å². The zero-order valence-electron chi connectivity index (χ0n) is 23.0. The number of rotatable bonds is 4. The summed E-state index contributed by atoms with van der Waals surface area (Å²) >= 11 is 1.55. The smallest absolute Gasteiger partial charge is 0.309 e. The van der Waals surface area contributed by atoms with Crippen LogP contribution in [0.25, 0.3) is 6.08 Å². The molecule has 1 unspecified atom stereocenters. The molecule has 2 aliphatic rings. The van der Waals surface area contributed by atoms with Gasteiger partial charge in [-0.05, 0) is 44.3 Å². The summed E-state index contributed by atoms with van der Waals surface area (Å²) in [6.07, 6.45) is 2.19. The van der Waals surface area contributed by atoms with Gasteiger partial charge in [-0.2, -0.15) is 0 Å². The van der Waals surface area contributed by atoms with Crippen molar-refractivity contribution >= 4 is 29.2 Å².